The van der Waals surface area contributed by atoms with Crippen molar-refractivity contribution in [2.45, 2.75) is 34.1 Å². The first-order valence-electron chi connectivity index (χ1n) is 6.88. The Morgan fingerprint density at radius 3 is 2.39 bits per heavy atom. The van der Waals surface area contributed by atoms with Gasteiger partial charge in [-0.1, -0.05) is 36.7 Å². The number of carbonyl (C=O) groups is 1. The smallest absolute Gasteiger partial charge is 0.219 e. The van der Waals surface area contributed by atoms with E-state index < -0.39 is 0 Å². The maximum atomic E-state index is 11.4. The van der Waals surface area contributed by atoms with E-state index >= 15 is 0 Å². The van der Waals surface area contributed by atoms with Gasteiger partial charge in [0, 0.05) is 38.4 Å². The molecule has 3 nitrogen and oxygen atoms in total. The van der Waals surface area contributed by atoms with Gasteiger partial charge in [0.2, 0.25) is 5.91 Å². The minimum absolute atomic E-state index is 0.213. The summed E-state index contributed by atoms with van der Waals surface area (Å²) >= 11 is 3.64. The van der Waals surface area contributed by atoms with Crippen LogP contribution in [0.5, 0.6) is 0 Å². The number of carbonyl (C=O) groups excluding carboxylic acids is 1. The molecule has 18 heavy (non-hydrogen) atoms. The van der Waals surface area contributed by atoms with Crippen molar-refractivity contribution >= 4 is 21.8 Å². The molecule has 1 rings (SSSR count). The van der Waals surface area contributed by atoms with Crippen molar-refractivity contribution in [2.24, 2.45) is 11.3 Å². The number of halogens is 1. The van der Waals surface area contributed by atoms with Gasteiger partial charge in [0.25, 0.3) is 0 Å². The average molecular weight is 319 g/mol. The van der Waals surface area contributed by atoms with E-state index in [-0.39, 0.29) is 5.91 Å². The Morgan fingerprint density at radius 2 is 1.89 bits per heavy atom. The van der Waals surface area contributed by atoms with Crippen LogP contribution in [0.2, 0.25) is 0 Å². The van der Waals surface area contributed by atoms with Gasteiger partial charge in [-0.2, -0.15) is 0 Å². The van der Waals surface area contributed by atoms with Crippen LogP contribution >= 0.6 is 15.9 Å². The second-order valence-corrected chi connectivity index (χ2v) is 7.02. The number of hydrogen-bond donors (Lipinski definition) is 0. The Kier molecular flexibility index (Phi) is 6.12. The monoisotopic (exact) mass is 318 g/mol. The lowest BCUT2D eigenvalue weighted by molar-refractivity contribution is -0.128. The Balaban J connectivity index is 2.50. The molecule has 1 fully saturated rings. The summed E-state index contributed by atoms with van der Waals surface area (Å²) in [6.45, 7) is 13.6. The van der Waals surface area contributed by atoms with E-state index in [1.54, 1.807) is 6.92 Å². The highest BCUT2D eigenvalue weighted by Gasteiger charge is 2.26. The Hall–Kier alpha value is -0.0900. The highest BCUT2D eigenvalue weighted by Crippen LogP contribution is 2.28. The van der Waals surface area contributed by atoms with Crippen LogP contribution in [-0.4, -0.2) is 53.8 Å². The van der Waals surface area contributed by atoms with Crippen molar-refractivity contribution in [3.05, 3.63) is 0 Å². The molecule has 1 amide bonds. The summed E-state index contributed by atoms with van der Waals surface area (Å²) < 4.78 is 0. The second-order valence-electron chi connectivity index (χ2n) is 6.38. The summed E-state index contributed by atoms with van der Waals surface area (Å²) in [5.41, 5.74) is 0.329. The molecule has 0 N–H and O–H groups in total. The highest BCUT2D eigenvalue weighted by molar-refractivity contribution is 9.09. The molecular weight excluding hydrogens is 292 g/mol. The molecular formula is C14H27BrN2O. The topological polar surface area (TPSA) is 23.6 Å². The Morgan fingerprint density at radius 1 is 1.22 bits per heavy atom. The normalized spacial score (nSPS) is 20.6. The average Bonchev–Trinajstić information content (AvgIpc) is 2.49. The second kappa shape index (κ2) is 6.90. The van der Waals surface area contributed by atoms with Gasteiger partial charge in [0.15, 0.2) is 0 Å². The summed E-state index contributed by atoms with van der Waals surface area (Å²) in [5.74, 6) is 0.867. The first-order valence-corrected chi connectivity index (χ1v) is 8.00. The Labute approximate surface area is 120 Å². The molecule has 0 spiro atoms. The SMILES string of the molecule is CC(=O)N1CCCN(CC(CBr)C(C)(C)C)CC1. The molecule has 1 unspecified atom stereocenters. The van der Waals surface area contributed by atoms with Gasteiger partial charge in [-0.3, -0.25) is 4.79 Å². The van der Waals surface area contributed by atoms with E-state index in [1.807, 2.05) is 4.90 Å². The molecule has 4 heteroatoms. The molecule has 0 bridgehead atoms. The fourth-order valence-corrected chi connectivity index (χ4v) is 3.51. The molecule has 0 radical (unpaired) electrons. The number of nitrogens with zero attached hydrogens (tertiary/aromatic N) is 2. The third kappa shape index (κ3) is 4.88. The lowest BCUT2D eigenvalue weighted by atomic mass is 9.82. The van der Waals surface area contributed by atoms with E-state index in [0.717, 1.165) is 44.5 Å². The minimum atomic E-state index is 0.213. The molecule has 0 aromatic heterocycles. The zero-order valence-electron chi connectivity index (χ0n) is 12.2. The summed E-state index contributed by atoms with van der Waals surface area (Å²) in [7, 11) is 0. The largest absolute Gasteiger partial charge is 0.342 e. The molecule has 0 saturated carbocycles. The predicted molar refractivity (Wildman–Crippen MR) is 80.1 cm³/mol. The van der Waals surface area contributed by atoms with Crippen molar-refractivity contribution in [3.63, 3.8) is 0 Å². The zero-order chi connectivity index (χ0) is 13.8. The van der Waals surface area contributed by atoms with E-state index in [0.29, 0.717) is 11.3 Å². The standard InChI is InChI=1S/C14H27BrN2O/c1-12(18)17-7-5-6-16(8-9-17)11-13(10-15)14(2,3)4/h13H,5-11H2,1-4H3. The van der Waals surface area contributed by atoms with Crippen molar-refractivity contribution in [1.82, 2.24) is 9.80 Å². The lowest BCUT2D eigenvalue weighted by Crippen LogP contribution is -2.39. The van der Waals surface area contributed by atoms with Crippen molar-refractivity contribution in [2.75, 3.05) is 38.1 Å². The van der Waals surface area contributed by atoms with Crippen LogP contribution in [0.1, 0.15) is 34.1 Å². The summed E-state index contributed by atoms with van der Waals surface area (Å²) in [5, 5.41) is 1.05. The number of amides is 1. The van der Waals surface area contributed by atoms with Gasteiger partial charge in [0.1, 0.15) is 0 Å². The quantitative estimate of drug-likeness (QED) is 0.747. The Bertz CT molecular complexity index is 275. The summed E-state index contributed by atoms with van der Waals surface area (Å²) in [6, 6.07) is 0. The minimum Gasteiger partial charge on any atom is -0.342 e. The fourth-order valence-electron chi connectivity index (χ4n) is 2.33. The van der Waals surface area contributed by atoms with E-state index in [4.69, 9.17) is 0 Å². The van der Waals surface area contributed by atoms with Gasteiger partial charge in [-0.15, -0.1) is 0 Å². The van der Waals surface area contributed by atoms with E-state index in [2.05, 4.69) is 41.6 Å². The molecule has 1 heterocycles. The lowest BCUT2D eigenvalue weighted by Gasteiger charge is -2.34. The third-order valence-electron chi connectivity index (χ3n) is 3.92. The molecule has 1 saturated heterocycles. The van der Waals surface area contributed by atoms with Crippen LogP contribution in [-0.2, 0) is 4.79 Å². The van der Waals surface area contributed by atoms with Crippen molar-refractivity contribution in [1.29, 1.82) is 0 Å². The highest BCUT2D eigenvalue weighted by atomic mass is 79.9. The predicted octanol–water partition coefficient (Wildman–Crippen LogP) is 2.60. The fraction of sp³-hybridized carbons (Fsp3) is 0.929. The first kappa shape index (κ1) is 16.0. The molecule has 1 aliphatic rings. The summed E-state index contributed by atoms with van der Waals surface area (Å²) in [6.07, 6.45) is 1.10. The van der Waals surface area contributed by atoms with E-state index in [1.165, 1.54) is 0 Å². The molecule has 1 atom stereocenters. The van der Waals surface area contributed by atoms with Gasteiger partial charge < -0.3 is 9.80 Å². The van der Waals surface area contributed by atoms with E-state index in [9.17, 15) is 4.79 Å². The molecule has 106 valence electrons. The number of hydrogen-bond acceptors (Lipinski definition) is 2. The van der Waals surface area contributed by atoms with Crippen LogP contribution in [0.3, 0.4) is 0 Å². The van der Waals surface area contributed by atoms with Crippen LogP contribution in [0.25, 0.3) is 0 Å². The van der Waals surface area contributed by atoms with Crippen LogP contribution < -0.4 is 0 Å². The molecule has 0 aromatic carbocycles. The maximum absolute atomic E-state index is 11.4. The third-order valence-corrected chi connectivity index (χ3v) is 4.71. The van der Waals surface area contributed by atoms with Gasteiger partial charge in [-0.25, -0.2) is 0 Å². The van der Waals surface area contributed by atoms with Crippen LogP contribution in [0, 0.1) is 11.3 Å². The van der Waals surface area contributed by atoms with Crippen LogP contribution in [0.4, 0.5) is 0 Å². The summed E-state index contributed by atoms with van der Waals surface area (Å²) in [4.78, 5) is 15.9. The van der Waals surface area contributed by atoms with Gasteiger partial charge in [-0.05, 0) is 24.3 Å². The molecule has 1 aliphatic heterocycles. The number of rotatable bonds is 3. The van der Waals surface area contributed by atoms with Crippen molar-refractivity contribution in [3.8, 4) is 0 Å². The zero-order valence-corrected chi connectivity index (χ0v) is 13.8. The van der Waals surface area contributed by atoms with Crippen LogP contribution in [0.15, 0.2) is 0 Å². The maximum Gasteiger partial charge on any atom is 0.219 e. The van der Waals surface area contributed by atoms with Gasteiger partial charge in [0.05, 0.1) is 0 Å². The molecule has 0 aliphatic carbocycles. The first-order chi connectivity index (χ1) is 8.34. The molecule has 0 aromatic rings. The van der Waals surface area contributed by atoms with Crippen molar-refractivity contribution < 1.29 is 4.79 Å². The van der Waals surface area contributed by atoms with Gasteiger partial charge >= 0.3 is 0 Å². The number of alkyl halides is 1.